The number of carbonyl (C=O) groups excluding carboxylic acids is 1. The predicted molar refractivity (Wildman–Crippen MR) is 51.1 cm³/mol. The van der Waals surface area contributed by atoms with Crippen molar-refractivity contribution in [3.05, 3.63) is 17.7 Å². The number of fused-ring (bicyclic) bond motifs is 1. The van der Waals surface area contributed by atoms with Crippen LogP contribution in [0.4, 0.5) is 4.79 Å². The van der Waals surface area contributed by atoms with Crippen molar-refractivity contribution in [1.82, 2.24) is 9.55 Å². The molecule has 0 aromatic carbocycles. The Labute approximate surface area is 82.5 Å². The highest BCUT2D eigenvalue weighted by molar-refractivity contribution is 5.85. The molecule has 72 valence electrons. The normalized spacial score (nSPS) is 14.5. The minimum absolute atomic E-state index is 0. The molecule has 0 spiro atoms. The fourth-order valence-electron chi connectivity index (χ4n) is 1.66. The van der Waals surface area contributed by atoms with Gasteiger partial charge in [-0.05, 0) is 25.7 Å². The predicted octanol–water partition coefficient (Wildman–Crippen LogP) is 1.11. The van der Waals surface area contributed by atoms with Gasteiger partial charge in [0.15, 0.2) is 0 Å². The van der Waals surface area contributed by atoms with Crippen molar-refractivity contribution in [2.24, 2.45) is 5.73 Å². The molecule has 4 nitrogen and oxygen atoms in total. The standard InChI is InChI=1S/C8H11N3O.ClH/c9-8(12)11-5-10-6-3-1-2-4-7(6)11;/h5H,1-4H2,(H2,9,12);1H. The van der Waals surface area contributed by atoms with Crippen molar-refractivity contribution < 1.29 is 4.79 Å². The number of nitrogens with zero attached hydrogens (tertiary/aromatic N) is 2. The number of hydrogen-bond acceptors (Lipinski definition) is 2. The van der Waals surface area contributed by atoms with E-state index in [1.165, 1.54) is 17.3 Å². The Morgan fingerprint density at radius 3 is 2.85 bits per heavy atom. The van der Waals surface area contributed by atoms with Gasteiger partial charge in [0.2, 0.25) is 0 Å². The number of aromatic nitrogens is 2. The molecule has 0 saturated carbocycles. The maximum absolute atomic E-state index is 10.9. The molecule has 2 rings (SSSR count). The first-order valence-electron chi connectivity index (χ1n) is 4.14. The van der Waals surface area contributed by atoms with Crippen molar-refractivity contribution in [3.8, 4) is 0 Å². The van der Waals surface area contributed by atoms with Crippen LogP contribution in [0.5, 0.6) is 0 Å². The summed E-state index contributed by atoms with van der Waals surface area (Å²) in [7, 11) is 0. The highest BCUT2D eigenvalue weighted by Gasteiger charge is 2.16. The van der Waals surface area contributed by atoms with Crippen molar-refractivity contribution in [2.75, 3.05) is 0 Å². The van der Waals surface area contributed by atoms with E-state index in [2.05, 4.69) is 4.98 Å². The van der Waals surface area contributed by atoms with Crippen LogP contribution in [-0.2, 0) is 12.8 Å². The molecule has 1 aromatic rings. The van der Waals surface area contributed by atoms with Gasteiger partial charge in [0.05, 0.1) is 11.4 Å². The number of aryl methyl sites for hydroxylation is 1. The summed E-state index contributed by atoms with van der Waals surface area (Å²) in [5.74, 6) is 0. The van der Waals surface area contributed by atoms with E-state index < -0.39 is 6.03 Å². The van der Waals surface area contributed by atoms with Gasteiger partial charge < -0.3 is 5.73 Å². The van der Waals surface area contributed by atoms with Gasteiger partial charge in [0.1, 0.15) is 6.33 Å². The van der Waals surface area contributed by atoms with Gasteiger partial charge in [-0.15, -0.1) is 12.4 Å². The molecule has 1 aliphatic rings. The van der Waals surface area contributed by atoms with Crippen molar-refractivity contribution >= 4 is 18.4 Å². The Morgan fingerprint density at radius 2 is 2.15 bits per heavy atom. The molecule has 5 heteroatoms. The average Bonchev–Trinajstić information content (AvgIpc) is 2.47. The fraction of sp³-hybridized carbons (Fsp3) is 0.500. The van der Waals surface area contributed by atoms with Crippen LogP contribution in [0, 0.1) is 0 Å². The second kappa shape index (κ2) is 3.79. The summed E-state index contributed by atoms with van der Waals surface area (Å²) in [5.41, 5.74) is 7.22. The number of rotatable bonds is 0. The third-order valence-electron chi connectivity index (χ3n) is 2.27. The number of nitrogens with two attached hydrogens (primary N) is 1. The van der Waals surface area contributed by atoms with Gasteiger partial charge >= 0.3 is 6.03 Å². The second-order valence-corrected chi connectivity index (χ2v) is 3.05. The number of halogens is 1. The first kappa shape index (κ1) is 10.1. The third kappa shape index (κ3) is 1.67. The lowest BCUT2D eigenvalue weighted by Gasteiger charge is -2.11. The van der Waals surface area contributed by atoms with E-state index in [9.17, 15) is 4.79 Å². The summed E-state index contributed by atoms with van der Waals surface area (Å²) in [5, 5.41) is 0. The molecule has 0 atom stereocenters. The summed E-state index contributed by atoms with van der Waals surface area (Å²) >= 11 is 0. The Hall–Kier alpha value is -1.03. The van der Waals surface area contributed by atoms with Crippen LogP contribution < -0.4 is 5.73 Å². The van der Waals surface area contributed by atoms with Crippen molar-refractivity contribution in [1.29, 1.82) is 0 Å². The van der Waals surface area contributed by atoms with Gasteiger partial charge in [-0.1, -0.05) is 0 Å². The number of carbonyl (C=O) groups is 1. The Morgan fingerprint density at radius 1 is 1.46 bits per heavy atom. The number of primary amides is 1. The fourth-order valence-corrected chi connectivity index (χ4v) is 1.66. The zero-order valence-electron chi connectivity index (χ0n) is 7.19. The molecule has 0 saturated heterocycles. The SMILES string of the molecule is Cl.NC(=O)n1cnc2c1CCCC2. The lowest BCUT2D eigenvalue weighted by atomic mass is 10.0. The molecule has 13 heavy (non-hydrogen) atoms. The molecule has 1 aliphatic carbocycles. The largest absolute Gasteiger partial charge is 0.351 e. The van der Waals surface area contributed by atoms with Gasteiger partial charge in [-0.25, -0.2) is 9.78 Å². The molecular formula is C8H12ClN3O. The first-order chi connectivity index (χ1) is 5.79. The maximum Gasteiger partial charge on any atom is 0.324 e. The van der Waals surface area contributed by atoms with Crippen LogP contribution in [-0.4, -0.2) is 15.6 Å². The summed E-state index contributed by atoms with van der Waals surface area (Å²) in [4.78, 5) is 15.0. The molecule has 0 radical (unpaired) electrons. The Kier molecular flexibility index (Phi) is 2.93. The van der Waals surface area contributed by atoms with Crippen LogP contribution >= 0.6 is 12.4 Å². The van der Waals surface area contributed by atoms with Gasteiger partial charge in [-0.2, -0.15) is 0 Å². The average molecular weight is 202 g/mol. The number of imidazole rings is 1. The first-order valence-corrected chi connectivity index (χ1v) is 4.14. The Bertz CT molecular complexity index is 321. The lowest BCUT2D eigenvalue weighted by Crippen LogP contribution is -2.22. The minimum Gasteiger partial charge on any atom is -0.351 e. The molecule has 1 aromatic heterocycles. The quantitative estimate of drug-likeness (QED) is 0.684. The summed E-state index contributed by atoms with van der Waals surface area (Å²) in [6.45, 7) is 0. The van der Waals surface area contributed by atoms with Crippen LogP contribution in [0.25, 0.3) is 0 Å². The highest BCUT2D eigenvalue weighted by atomic mass is 35.5. The van der Waals surface area contributed by atoms with Gasteiger partial charge in [0, 0.05) is 0 Å². The smallest absolute Gasteiger partial charge is 0.324 e. The summed E-state index contributed by atoms with van der Waals surface area (Å²) in [6, 6.07) is -0.425. The van der Waals surface area contributed by atoms with E-state index in [-0.39, 0.29) is 12.4 Å². The molecule has 0 unspecified atom stereocenters. The minimum atomic E-state index is -0.425. The summed E-state index contributed by atoms with van der Waals surface area (Å²) in [6.07, 6.45) is 5.74. The van der Waals surface area contributed by atoms with E-state index in [1.807, 2.05) is 0 Å². The monoisotopic (exact) mass is 201 g/mol. The molecule has 0 fully saturated rings. The highest BCUT2D eigenvalue weighted by Crippen LogP contribution is 2.18. The van der Waals surface area contributed by atoms with Gasteiger partial charge in [-0.3, -0.25) is 4.57 Å². The van der Waals surface area contributed by atoms with E-state index in [4.69, 9.17) is 5.73 Å². The molecule has 2 N–H and O–H groups in total. The van der Waals surface area contributed by atoms with Crippen LogP contribution in [0.1, 0.15) is 24.2 Å². The van der Waals surface area contributed by atoms with Gasteiger partial charge in [0.25, 0.3) is 0 Å². The van der Waals surface area contributed by atoms with Crippen molar-refractivity contribution in [3.63, 3.8) is 0 Å². The van der Waals surface area contributed by atoms with Crippen molar-refractivity contribution in [2.45, 2.75) is 25.7 Å². The summed E-state index contributed by atoms with van der Waals surface area (Å²) < 4.78 is 1.45. The van der Waals surface area contributed by atoms with Crippen LogP contribution in [0.2, 0.25) is 0 Å². The zero-order chi connectivity index (χ0) is 8.55. The number of amides is 1. The van der Waals surface area contributed by atoms with E-state index >= 15 is 0 Å². The van der Waals surface area contributed by atoms with E-state index in [1.54, 1.807) is 0 Å². The molecule has 0 bridgehead atoms. The van der Waals surface area contributed by atoms with E-state index in [0.29, 0.717) is 0 Å². The second-order valence-electron chi connectivity index (χ2n) is 3.05. The lowest BCUT2D eigenvalue weighted by molar-refractivity contribution is 0.249. The van der Waals surface area contributed by atoms with E-state index in [0.717, 1.165) is 30.7 Å². The maximum atomic E-state index is 10.9. The molecule has 1 amide bonds. The Balaban J connectivity index is 0.000000845. The molecular weight excluding hydrogens is 190 g/mol. The third-order valence-corrected chi connectivity index (χ3v) is 2.27. The van der Waals surface area contributed by atoms with Crippen LogP contribution in [0.3, 0.4) is 0 Å². The zero-order valence-corrected chi connectivity index (χ0v) is 8.01. The number of hydrogen-bond donors (Lipinski definition) is 1. The molecule has 1 heterocycles. The topological polar surface area (TPSA) is 60.9 Å². The van der Waals surface area contributed by atoms with Crippen LogP contribution in [0.15, 0.2) is 6.33 Å². The molecule has 0 aliphatic heterocycles.